The number of ketones is 1. The van der Waals surface area contributed by atoms with Gasteiger partial charge in [0, 0.05) is 29.9 Å². The Bertz CT molecular complexity index is 956. The third kappa shape index (κ3) is 2.51. The normalized spacial score (nSPS) is 15.7. The van der Waals surface area contributed by atoms with Crippen molar-refractivity contribution in [1.29, 1.82) is 0 Å². The molecule has 3 nitrogen and oxygen atoms in total. The van der Waals surface area contributed by atoms with Gasteiger partial charge in [0.1, 0.15) is 5.75 Å². The van der Waals surface area contributed by atoms with Gasteiger partial charge in [0.15, 0.2) is 29.1 Å². The minimum absolute atomic E-state index is 0.208. The van der Waals surface area contributed by atoms with E-state index in [0.29, 0.717) is 18.4 Å². The minimum atomic E-state index is -2.04. The van der Waals surface area contributed by atoms with E-state index in [1.54, 1.807) is 0 Å². The van der Waals surface area contributed by atoms with Gasteiger partial charge in [-0.1, -0.05) is 0 Å². The third-order valence-electron chi connectivity index (χ3n) is 5.47. The lowest BCUT2D eigenvalue weighted by atomic mass is 9.86. The highest BCUT2D eigenvalue weighted by Crippen LogP contribution is 2.43. The third-order valence-corrected chi connectivity index (χ3v) is 5.47. The number of aryl methyl sites for hydroxylation is 1. The largest absolute Gasteiger partial charge is 0.507 e. The van der Waals surface area contributed by atoms with E-state index in [4.69, 9.17) is 0 Å². The fraction of sp³-hybridized carbons (Fsp3) is 0.350. The van der Waals surface area contributed by atoms with Crippen molar-refractivity contribution in [3.05, 3.63) is 57.2 Å². The van der Waals surface area contributed by atoms with Crippen molar-refractivity contribution in [1.82, 2.24) is 0 Å². The number of hydrogen-bond donors (Lipinski definition) is 1. The Morgan fingerprint density at radius 2 is 1.63 bits per heavy atom. The Hall–Kier alpha value is -2.57. The first-order chi connectivity index (χ1) is 12.8. The van der Waals surface area contributed by atoms with Gasteiger partial charge in [0.2, 0.25) is 0 Å². The number of anilines is 1. The second-order valence-electron chi connectivity index (χ2n) is 7.04. The Morgan fingerprint density at radius 3 is 2.33 bits per heavy atom. The molecule has 0 fully saturated rings. The van der Waals surface area contributed by atoms with Gasteiger partial charge in [-0.05, 0) is 44.2 Å². The first-order valence-corrected chi connectivity index (χ1v) is 8.82. The number of phenolic OH excluding ortho intramolecular Hbond substituents is 1. The first kappa shape index (κ1) is 17.8. The lowest BCUT2D eigenvalue weighted by molar-refractivity contribution is 0.102. The van der Waals surface area contributed by atoms with Crippen molar-refractivity contribution >= 4 is 11.5 Å². The van der Waals surface area contributed by atoms with Crippen LogP contribution in [0.5, 0.6) is 5.75 Å². The quantitative estimate of drug-likeness (QED) is 0.368. The Balaban J connectivity index is 1.92. The average Bonchev–Trinajstić information content (AvgIpc) is 2.67. The summed E-state index contributed by atoms with van der Waals surface area (Å²) in [7, 11) is 0. The zero-order valence-electron chi connectivity index (χ0n) is 14.6. The van der Waals surface area contributed by atoms with Crippen molar-refractivity contribution in [2.75, 3.05) is 18.0 Å². The maximum absolute atomic E-state index is 14.3. The molecule has 2 aromatic carbocycles. The van der Waals surface area contributed by atoms with Gasteiger partial charge in [-0.25, -0.2) is 17.6 Å². The molecule has 0 aliphatic carbocycles. The van der Waals surface area contributed by atoms with Crippen LogP contribution in [0.25, 0.3) is 0 Å². The van der Waals surface area contributed by atoms with E-state index in [1.807, 2.05) is 0 Å². The van der Waals surface area contributed by atoms with E-state index < -0.39 is 40.2 Å². The standard InChI is InChI=1S/C20H17F4NO2/c1-9-13(15(22)17(24)16(23)14(9)21)20(27)12-8-10-4-2-6-25-7-3-5-11(18(10)25)19(12)26/h8,26H,2-7H2,1H3. The molecule has 2 aliphatic rings. The molecule has 0 saturated carbocycles. The second-order valence-corrected chi connectivity index (χ2v) is 7.04. The van der Waals surface area contributed by atoms with Gasteiger partial charge >= 0.3 is 0 Å². The molecule has 0 radical (unpaired) electrons. The van der Waals surface area contributed by atoms with Crippen molar-refractivity contribution in [2.24, 2.45) is 0 Å². The summed E-state index contributed by atoms with van der Waals surface area (Å²) in [5.74, 6) is -8.70. The number of carbonyl (C=O) groups is 1. The van der Waals surface area contributed by atoms with Crippen LogP contribution in [0, 0.1) is 30.2 Å². The summed E-state index contributed by atoms with van der Waals surface area (Å²) >= 11 is 0. The Morgan fingerprint density at radius 1 is 1.00 bits per heavy atom. The molecule has 2 aliphatic heterocycles. The molecule has 0 aromatic heterocycles. The fourth-order valence-corrected chi connectivity index (χ4v) is 4.16. The summed E-state index contributed by atoms with van der Waals surface area (Å²) in [5, 5.41) is 10.7. The van der Waals surface area contributed by atoms with Gasteiger partial charge in [0.25, 0.3) is 0 Å². The molecule has 0 atom stereocenters. The molecular formula is C20H17F4NO2. The molecule has 0 bridgehead atoms. The lowest BCUT2D eigenvalue weighted by Crippen LogP contribution is -2.34. The van der Waals surface area contributed by atoms with Crippen LogP contribution in [0.1, 0.15) is 45.5 Å². The second kappa shape index (κ2) is 6.25. The van der Waals surface area contributed by atoms with Crippen molar-refractivity contribution < 1.29 is 27.5 Å². The number of carbonyl (C=O) groups excluding carboxylic acids is 1. The van der Waals surface area contributed by atoms with Gasteiger partial charge in [0.05, 0.1) is 11.1 Å². The van der Waals surface area contributed by atoms with Gasteiger partial charge in [-0.2, -0.15) is 0 Å². The van der Waals surface area contributed by atoms with Crippen molar-refractivity contribution in [2.45, 2.75) is 32.6 Å². The summed E-state index contributed by atoms with van der Waals surface area (Å²) in [4.78, 5) is 15.1. The van der Waals surface area contributed by atoms with Crippen molar-refractivity contribution in [3.8, 4) is 5.75 Å². The zero-order chi connectivity index (χ0) is 19.5. The molecule has 0 unspecified atom stereocenters. The van der Waals surface area contributed by atoms with E-state index in [-0.39, 0.29) is 11.3 Å². The van der Waals surface area contributed by atoms with Crippen LogP contribution in [0.4, 0.5) is 23.2 Å². The number of nitrogens with zero attached hydrogens (tertiary/aromatic N) is 1. The van der Waals surface area contributed by atoms with Crippen LogP contribution in [-0.2, 0) is 12.8 Å². The molecular weight excluding hydrogens is 362 g/mol. The van der Waals surface area contributed by atoms with Gasteiger partial charge in [-0.15, -0.1) is 0 Å². The highest BCUT2D eigenvalue weighted by molar-refractivity contribution is 6.12. The van der Waals surface area contributed by atoms with E-state index in [9.17, 15) is 27.5 Å². The van der Waals surface area contributed by atoms with E-state index in [0.717, 1.165) is 44.1 Å². The minimum Gasteiger partial charge on any atom is -0.507 e. The predicted octanol–water partition coefficient (Wildman–Crippen LogP) is 4.19. The number of hydrogen-bond acceptors (Lipinski definition) is 3. The lowest BCUT2D eigenvalue weighted by Gasteiger charge is -2.37. The van der Waals surface area contributed by atoms with E-state index in [1.165, 1.54) is 6.07 Å². The molecule has 1 N–H and O–H groups in total. The highest BCUT2D eigenvalue weighted by Gasteiger charge is 2.33. The fourth-order valence-electron chi connectivity index (χ4n) is 4.16. The molecule has 4 rings (SSSR count). The van der Waals surface area contributed by atoms with Gasteiger partial charge in [-0.3, -0.25) is 4.79 Å². The van der Waals surface area contributed by atoms with Crippen LogP contribution in [-0.4, -0.2) is 24.0 Å². The molecule has 0 amide bonds. The SMILES string of the molecule is Cc1c(F)c(F)c(F)c(F)c1C(=O)c1cc2c3c(c1O)CCCN3CCC2. The highest BCUT2D eigenvalue weighted by atomic mass is 19.2. The monoisotopic (exact) mass is 379 g/mol. The molecule has 2 aromatic rings. The molecule has 27 heavy (non-hydrogen) atoms. The van der Waals surface area contributed by atoms with Crippen molar-refractivity contribution in [3.63, 3.8) is 0 Å². The molecule has 142 valence electrons. The van der Waals surface area contributed by atoms with Crippen LogP contribution < -0.4 is 4.90 Å². The topological polar surface area (TPSA) is 40.5 Å². The molecule has 2 heterocycles. The van der Waals surface area contributed by atoms with Crippen LogP contribution in [0.15, 0.2) is 6.07 Å². The molecule has 0 saturated heterocycles. The summed E-state index contributed by atoms with van der Waals surface area (Å²) < 4.78 is 55.3. The van der Waals surface area contributed by atoms with Gasteiger partial charge < -0.3 is 10.0 Å². The average molecular weight is 379 g/mol. The number of rotatable bonds is 2. The summed E-state index contributed by atoms with van der Waals surface area (Å²) in [5.41, 5.74) is 0.623. The maximum atomic E-state index is 14.3. The summed E-state index contributed by atoms with van der Waals surface area (Å²) in [6, 6.07) is 1.46. The Kier molecular flexibility index (Phi) is 4.13. The van der Waals surface area contributed by atoms with Crippen LogP contribution in [0.3, 0.4) is 0 Å². The first-order valence-electron chi connectivity index (χ1n) is 8.82. The van der Waals surface area contributed by atoms with E-state index in [2.05, 4.69) is 4.90 Å². The Labute approximate surface area is 153 Å². The number of halogens is 4. The maximum Gasteiger partial charge on any atom is 0.200 e. The smallest absolute Gasteiger partial charge is 0.200 e. The summed E-state index contributed by atoms with van der Waals surface area (Å²) in [6.45, 7) is 2.72. The molecule has 7 heteroatoms. The summed E-state index contributed by atoms with van der Waals surface area (Å²) in [6.07, 6.45) is 2.91. The van der Waals surface area contributed by atoms with Crippen LogP contribution >= 0.6 is 0 Å². The zero-order valence-corrected chi connectivity index (χ0v) is 14.6. The van der Waals surface area contributed by atoms with E-state index >= 15 is 0 Å². The number of benzene rings is 2. The number of phenols is 1. The number of aromatic hydroxyl groups is 1. The van der Waals surface area contributed by atoms with Crippen LogP contribution in [0.2, 0.25) is 0 Å². The predicted molar refractivity (Wildman–Crippen MR) is 91.4 cm³/mol. The molecule has 0 spiro atoms.